The molecule has 0 aromatic carbocycles. The molecule has 0 aliphatic rings. The first kappa shape index (κ1) is 10.1. The van der Waals surface area contributed by atoms with Crippen LogP contribution in [0.2, 0.25) is 0 Å². The second-order valence-electron chi connectivity index (χ2n) is 3.03. The molecule has 7 nitrogen and oxygen atoms in total. The molecule has 0 saturated heterocycles. The number of pyridine rings is 1. The molecule has 0 atom stereocenters. The standard InChI is InChI=1S/C9H9N5O2/c15-8-7(13-14-9(16)12-8)11-5-6-3-1-2-4-10-6/h1-4H,5H2,(H,11,13)(H2,12,14,15,16). The Morgan fingerprint density at radius 1 is 1.31 bits per heavy atom. The second-order valence-corrected chi connectivity index (χ2v) is 3.03. The third-order valence-corrected chi connectivity index (χ3v) is 1.87. The lowest BCUT2D eigenvalue weighted by Crippen LogP contribution is -2.26. The predicted octanol–water partition coefficient (Wildman–Crippen LogP) is -0.535. The minimum atomic E-state index is -0.631. The number of H-pyrrole nitrogens is 2. The average Bonchev–Trinajstić information content (AvgIpc) is 2.29. The van der Waals surface area contributed by atoms with Gasteiger partial charge >= 0.3 is 5.69 Å². The van der Waals surface area contributed by atoms with E-state index in [1.165, 1.54) is 0 Å². The third-order valence-electron chi connectivity index (χ3n) is 1.87. The Morgan fingerprint density at radius 2 is 2.19 bits per heavy atom. The first-order chi connectivity index (χ1) is 7.75. The van der Waals surface area contributed by atoms with Crippen molar-refractivity contribution in [2.24, 2.45) is 0 Å². The fourth-order valence-corrected chi connectivity index (χ4v) is 1.14. The van der Waals surface area contributed by atoms with Crippen LogP contribution in [0.5, 0.6) is 0 Å². The van der Waals surface area contributed by atoms with Crippen LogP contribution in [0.4, 0.5) is 5.82 Å². The van der Waals surface area contributed by atoms with E-state index in [1.807, 2.05) is 12.1 Å². The van der Waals surface area contributed by atoms with Gasteiger partial charge in [-0.15, -0.1) is 5.10 Å². The van der Waals surface area contributed by atoms with Crippen LogP contribution in [0.3, 0.4) is 0 Å². The molecule has 2 heterocycles. The van der Waals surface area contributed by atoms with Gasteiger partial charge in [0.05, 0.1) is 12.2 Å². The molecule has 82 valence electrons. The molecule has 2 aromatic heterocycles. The highest BCUT2D eigenvalue weighted by Gasteiger charge is 2.01. The van der Waals surface area contributed by atoms with Crippen molar-refractivity contribution in [3.63, 3.8) is 0 Å². The van der Waals surface area contributed by atoms with Gasteiger partial charge in [-0.25, -0.2) is 9.89 Å². The molecular weight excluding hydrogens is 210 g/mol. The Morgan fingerprint density at radius 3 is 2.88 bits per heavy atom. The highest BCUT2D eigenvalue weighted by molar-refractivity contribution is 5.29. The van der Waals surface area contributed by atoms with Gasteiger partial charge in [0, 0.05) is 6.20 Å². The SMILES string of the molecule is O=c1[nH]nc(NCc2ccccn2)c(=O)[nH]1. The quantitative estimate of drug-likeness (QED) is 0.643. The van der Waals surface area contributed by atoms with Gasteiger partial charge in [0.1, 0.15) is 0 Å². The van der Waals surface area contributed by atoms with E-state index in [4.69, 9.17) is 0 Å². The molecule has 0 amide bonds. The van der Waals surface area contributed by atoms with E-state index in [1.54, 1.807) is 12.3 Å². The number of nitrogens with one attached hydrogen (secondary N) is 3. The van der Waals surface area contributed by atoms with Gasteiger partial charge in [0.25, 0.3) is 5.56 Å². The molecule has 16 heavy (non-hydrogen) atoms. The predicted molar refractivity (Wildman–Crippen MR) is 57.0 cm³/mol. The van der Waals surface area contributed by atoms with E-state index in [2.05, 4.69) is 25.5 Å². The van der Waals surface area contributed by atoms with Crippen LogP contribution < -0.4 is 16.6 Å². The summed E-state index contributed by atoms with van der Waals surface area (Å²) in [4.78, 5) is 28.1. The van der Waals surface area contributed by atoms with Gasteiger partial charge in [-0.1, -0.05) is 6.07 Å². The summed E-state index contributed by atoms with van der Waals surface area (Å²) in [6, 6.07) is 5.45. The molecule has 0 aliphatic heterocycles. The van der Waals surface area contributed by atoms with Crippen LogP contribution in [-0.4, -0.2) is 20.2 Å². The Balaban J connectivity index is 2.11. The smallest absolute Gasteiger partial charge is 0.342 e. The van der Waals surface area contributed by atoms with Gasteiger partial charge < -0.3 is 5.32 Å². The van der Waals surface area contributed by atoms with Crippen molar-refractivity contribution in [3.05, 3.63) is 50.9 Å². The number of hydrogen-bond acceptors (Lipinski definition) is 5. The molecule has 0 bridgehead atoms. The van der Waals surface area contributed by atoms with Gasteiger partial charge in [-0.05, 0) is 12.1 Å². The summed E-state index contributed by atoms with van der Waals surface area (Å²) in [5, 5.41) is 8.47. The number of nitrogens with zero attached hydrogens (tertiary/aromatic N) is 2. The summed E-state index contributed by atoms with van der Waals surface area (Å²) in [7, 11) is 0. The maximum Gasteiger partial charge on any atom is 0.342 e. The minimum Gasteiger partial charge on any atom is -0.358 e. The molecule has 0 saturated carbocycles. The van der Waals surface area contributed by atoms with Crippen molar-refractivity contribution in [1.82, 2.24) is 20.2 Å². The zero-order valence-electron chi connectivity index (χ0n) is 8.23. The molecule has 0 aliphatic carbocycles. The second kappa shape index (κ2) is 4.39. The molecular formula is C9H9N5O2. The molecule has 2 aromatic rings. The van der Waals surface area contributed by atoms with Gasteiger partial charge in [0.2, 0.25) is 5.82 Å². The summed E-state index contributed by atoms with van der Waals surface area (Å²) < 4.78 is 0. The number of aromatic amines is 2. The van der Waals surface area contributed by atoms with Crippen molar-refractivity contribution in [2.75, 3.05) is 5.32 Å². The molecule has 3 N–H and O–H groups in total. The maximum absolute atomic E-state index is 11.2. The highest BCUT2D eigenvalue weighted by atomic mass is 16.2. The zero-order valence-corrected chi connectivity index (χ0v) is 8.23. The number of hydrogen-bond donors (Lipinski definition) is 3. The molecule has 0 radical (unpaired) electrons. The lowest BCUT2D eigenvalue weighted by atomic mass is 10.3. The third kappa shape index (κ3) is 2.32. The topological polar surface area (TPSA) is 104 Å². The first-order valence-electron chi connectivity index (χ1n) is 4.58. The van der Waals surface area contributed by atoms with Crippen LogP contribution in [0.1, 0.15) is 5.69 Å². The van der Waals surface area contributed by atoms with Gasteiger partial charge in [-0.2, -0.15) is 0 Å². The number of aromatic nitrogens is 4. The summed E-state index contributed by atoms with van der Waals surface area (Å²) in [6.45, 7) is 0.364. The maximum atomic E-state index is 11.2. The summed E-state index contributed by atoms with van der Waals surface area (Å²) in [5.41, 5.74) is -0.414. The lowest BCUT2D eigenvalue weighted by molar-refractivity contribution is 0.878. The first-order valence-corrected chi connectivity index (χ1v) is 4.58. The zero-order chi connectivity index (χ0) is 11.4. The van der Waals surface area contributed by atoms with E-state index in [0.29, 0.717) is 6.54 Å². The van der Waals surface area contributed by atoms with E-state index in [0.717, 1.165) is 5.69 Å². The van der Waals surface area contributed by atoms with Crippen LogP contribution in [0, 0.1) is 0 Å². The summed E-state index contributed by atoms with van der Waals surface area (Å²) in [6.07, 6.45) is 1.65. The lowest BCUT2D eigenvalue weighted by Gasteiger charge is -2.02. The Hall–Kier alpha value is -2.44. The molecule has 0 unspecified atom stereocenters. The number of anilines is 1. The van der Waals surface area contributed by atoms with E-state index in [9.17, 15) is 9.59 Å². The Kier molecular flexibility index (Phi) is 2.77. The summed E-state index contributed by atoms with van der Waals surface area (Å²) >= 11 is 0. The normalized spacial score (nSPS) is 10.0. The largest absolute Gasteiger partial charge is 0.358 e. The van der Waals surface area contributed by atoms with Gasteiger partial charge in [-0.3, -0.25) is 14.8 Å². The van der Waals surface area contributed by atoms with Crippen LogP contribution in [0.15, 0.2) is 34.0 Å². The number of rotatable bonds is 3. The molecule has 2 rings (SSSR count). The fraction of sp³-hybridized carbons (Fsp3) is 0.111. The summed E-state index contributed by atoms with van der Waals surface area (Å²) in [5.74, 6) is 0.0604. The van der Waals surface area contributed by atoms with Crippen molar-refractivity contribution >= 4 is 5.82 Å². The Labute approximate surface area is 89.6 Å². The van der Waals surface area contributed by atoms with E-state index < -0.39 is 11.2 Å². The van der Waals surface area contributed by atoms with Crippen LogP contribution in [0.25, 0.3) is 0 Å². The van der Waals surface area contributed by atoms with E-state index >= 15 is 0 Å². The van der Waals surface area contributed by atoms with Crippen molar-refractivity contribution in [1.29, 1.82) is 0 Å². The fourth-order valence-electron chi connectivity index (χ4n) is 1.14. The van der Waals surface area contributed by atoms with E-state index in [-0.39, 0.29) is 5.82 Å². The van der Waals surface area contributed by atoms with Crippen LogP contribution in [-0.2, 0) is 6.54 Å². The monoisotopic (exact) mass is 219 g/mol. The van der Waals surface area contributed by atoms with Crippen LogP contribution >= 0.6 is 0 Å². The molecule has 7 heteroatoms. The molecule has 0 fully saturated rings. The van der Waals surface area contributed by atoms with Crippen molar-refractivity contribution < 1.29 is 0 Å². The molecule has 0 spiro atoms. The minimum absolute atomic E-state index is 0.0604. The van der Waals surface area contributed by atoms with Gasteiger partial charge in [0.15, 0.2) is 0 Å². The Bertz CT molecular complexity index is 574. The van der Waals surface area contributed by atoms with Crippen molar-refractivity contribution in [3.8, 4) is 0 Å². The van der Waals surface area contributed by atoms with Crippen molar-refractivity contribution in [2.45, 2.75) is 6.54 Å². The highest BCUT2D eigenvalue weighted by Crippen LogP contribution is 1.96. The average molecular weight is 219 g/mol.